The standard InChI is InChI=1S/C21H21Cl3N4/c1-20(2,3)16-6-4-15(5-7-16)19-27-17(21(22,23)24)12-18(28-19)26-13-14-8-10-25-11-9-14/h4-12H,13H2,1-3H3,(H,26,27,28). The fourth-order valence-corrected chi connectivity index (χ4v) is 2.92. The molecule has 0 bridgehead atoms. The lowest BCUT2D eigenvalue weighted by Crippen LogP contribution is -2.11. The number of nitrogens with zero attached hydrogens (tertiary/aromatic N) is 3. The average molecular weight is 436 g/mol. The van der Waals surface area contributed by atoms with Gasteiger partial charge in [0.25, 0.3) is 0 Å². The molecular weight excluding hydrogens is 415 g/mol. The van der Waals surface area contributed by atoms with Crippen molar-refractivity contribution in [2.75, 3.05) is 5.32 Å². The summed E-state index contributed by atoms with van der Waals surface area (Å²) in [6.45, 7) is 7.08. The average Bonchev–Trinajstić information content (AvgIpc) is 2.66. The van der Waals surface area contributed by atoms with Crippen molar-refractivity contribution in [3.05, 3.63) is 71.7 Å². The van der Waals surface area contributed by atoms with Crippen molar-refractivity contribution in [2.45, 2.75) is 36.5 Å². The van der Waals surface area contributed by atoms with Crippen molar-refractivity contribution in [2.24, 2.45) is 0 Å². The maximum absolute atomic E-state index is 6.10. The van der Waals surface area contributed by atoms with Gasteiger partial charge in [-0.1, -0.05) is 79.8 Å². The summed E-state index contributed by atoms with van der Waals surface area (Å²) in [5, 5.41) is 3.26. The van der Waals surface area contributed by atoms with Crippen LogP contribution in [0.2, 0.25) is 0 Å². The number of rotatable bonds is 4. The van der Waals surface area contributed by atoms with Gasteiger partial charge >= 0.3 is 0 Å². The van der Waals surface area contributed by atoms with Crippen molar-refractivity contribution in [1.29, 1.82) is 0 Å². The molecule has 4 nitrogen and oxygen atoms in total. The summed E-state index contributed by atoms with van der Waals surface area (Å²) >= 11 is 18.3. The molecule has 146 valence electrons. The van der Waals surface area contributed by atoms with Gasteiger partial charge < -0.3 is 5.32 Å². The Kier molecular flexibility index (Phi) is 6.13. The zero-order valence-electron chi connectivity index (χ0n) is 15.9. The topological polar surface area (TPSA) is 50.7 Å². The quantitative estimate of drug-likeness (QED) is 0.490. The van der Waals surface area contributed by atoms with Crippen LogP contribution in [0.1, 0.15) is 37.6 Å². The van der Waals surface area contributed by atoms with Gasteiger partial charge in [0, 0.05) is 30.6 Å². The second-order valence-electron chi connectivity index (χ2n) is 7.50. The van der Waals surface area contributed by atoms with Gasteiger partial charge in [0.05, 0.1) is 5.69 Å². The fourth-order valence-electron chi connectivity index (χ4n) is 2.62. The first-order chi connectivity index (χ1) is 13.1. The number of benzene rings is 1. The van der Waals surface area contributed by atoms with E-state index >= 15 is 0 Å². The zero-order valence-corrected chi connectivity index (χ0v) is 18.1. The molecule has 3 aromatic rings. The van der Waals surface area contributed by atoms with Crippen LogP contribution >= 0.6 is 34.8 Å². The van der Waals surface area contributed by atoms with Gasteiger partial charge in [0.15, 0.2) is 5.82 Å². The summed E-state index contributed by atoms with van der Waals surface area (Å²) in [5.74, 6) is 1.09. The van der Waals surface area contributed by atoms with Crippen molar-refractivity contribution in [3.8, 4) is 11.4 Å². The molecule has 0 aliphatic heterocycles. The number of halogens is 3. The molecule has 3 rings (SSSR count). The van der Waals surface area contributed by atoms with Crippen LogP contribution in [0.25, 0.3) is 11.4 Å². The first-order valence-electron chi connectivity index (χ1n) is 8.83. The van der Waals surface area contributed by atoms with Gasteiger partial charge in [-0.3, -0.25) is 4.98 Å². The second-order valence-corrected chi connectivity index (χ2v) is 9.78. The van der Waals surface area contributed by atoms with Gasteiger partial charge in [0.2, 0.25) is 3.79 Å². The maximum Gasteiger partial charge on any atom is 0.232 e. The minimum absolute atomic E-state index is 0.0655. The summed E-state index contributed by atoms with van der Waals surface area (Å²) in [7, 11) is 0. The van der Waals surface area contributed by atoms with Gasteiger partial charge in [-0.05, 0) is 28.7 Å². The van der Waals surface area contributed by atoms with E-state index in [9.17, 15) is 0 Å². The molecule has 28 heavy (non-hydrogen) atoms. The van der Waals surface area contributed by atoms with Crippen LogP contribution in [0.3, 0.4) is 0 Å². The third kappa shape index (κ3) is 5.34. The fraction of sp³-hybridized carbons (Fsp3) is 0.286. The molecule has 0 fully saturated rings. The molecule has 0 aliphatic rings. The van der Waals surface area contributed by atoms with Gasteiger partial charge in [-0.2, -0.15) is 0 Å². The molecule has 0 atom stereocenters. The van der Waals surface area contributed by atoms with E-state index in [4.69, 9.17) is 34.8 Å². The molecule has 1 N–H and O–H groups in total. The number of nitrogens with one attached hydrogen (secondary N) is 1. The molecule has 2 heterocycles. The summed E-state index contributed by atoms with van der Waals surface area (Å²) in [4.78, 5) is 13.1. The van der Waals surface area contributed by atoms with Crippen molar-refractivity contribution in [1.82, 2.24) is 15.0 Å². The van der Waals surface area contributed by atoms with E-state index in [1.54, 1.807) is 18.5 Å². The van der Waals surface area contributed by atoms with E-state index in [2.05, 4.69) is 53.2 Å². The predicted octanol–water partition coefficient (Wildman–Crippen LogP) is 6.27. The summed E-state index contributed by atoms with van der Waals surface area (Å²) in [6.07, 6.45) is 3.48. The Morgan fingerprint density at radius 2 is 1.54 bits per heavy atom. The predicted molar refractivity (Wildman–Crippen MR) is 117 cm³/mol. The van der Waals surface area contributed by atoms with Crippen LogP contribution < -0.4 is 5.32 Å². The van der Waals surface area contributed by atoms with Crippen LogP contribution in [0.5, 0.6) is 0 Å². The van der Waals surface area contributed by atoms with Crippen LogP contribution in [-0.2, 0) is 15.8 Å². The molecule has 7 heteroatoms. The largest absolute Gasteiger partial charge is 0.366 e. The number of hydrogen-bond donors (Lipinski definition) is 1. The minimum atomic E-state index is -1.64. The van der Waals surface area contributed by atoms with Crippen LogP contribution in [0.15, 0.2) is 54.9 Å². The van der Waals surface area contributed by atoms with E-state index in [0.29, 0.717) is 23.9 Å². The highest BCUT2D eigenvalue weighted by Crippen LogP contribution is 2.38. The first-order valence-corrected chi connectivity index (χ1v) is 9.96. The molecule has 2 aromatic heterocycles. The smallest absolute Gasteiger partial charge is 0.232 e. The Hall–Kier alpha value is -1.88. The molecule has 0 saturated carbocycles. The van der Waals surface area contributed by atoms with Crippen LogP contribution in [-0.4, -0.2) is 15.0 Å². The SMILES string of the molecule is CC(C)(C)c1ccc(-c2nc(NCc3ccncc3)cc(C(Cl)(Cl)Cl)n2)cc1. The lowest BCUT2D eigenvalue weighted by Gasteiger charge is -2.19. The first kappa shape index (κ1) is 20.8. The molecule has 1 aromatic carbocycles. The maximum atomic E-state index is 6.10. The third-order valence-electron chi connectivity index (χ3n) is 4.25. The minimum Gasteiger partial charge on any atom is -0.366 e. The summed E-state index contributed by atoms with van der Waals surface area (Å²) in [6, 6.07) is 13.6. The van der Waals surface area contributed by atoms with Crippen molar-refractivity contribution < 1.29 is 0 Å². The summed E-state index contributed by atoms with van der Waals surface area (Å²) in [5.41, 5.74) is 3.54. The van der Waals surface area contributed by atoms with Crippen molar-refractivity contribution >= 4 is 40.6 Å². The van der Waals surface area contributed by atoms with Crippen LogP contribution in [0, 0.1) is 0 Å². The number of pyridine rings is 1. The Labute approximate surface area is 180 Å². The Balaban J connectivity index is 1.94. The molecule has 0 radical (unpaired) electrons. The highest BCUT2D eigenvalue weighted by molar-refractivity contribution is 6.66. The summed E-state index contributed by atoms with van der Waals surface area (Å²) < 4.78 is -1.64. The second kappa shape index (κ2) is 8.24. The lowest BCUT2D eigenvalue weighted by molar-refractivity contribution is 0.590. The molecule has 0 saturated heterocycles. The Morgan fingerprint density at radius 3 is 2.11 bits per heavy atom. The van der Waals surface area contributed by atoms with E-state index in [1.807, 2.05) is 24.3 Å². The molecule has 0 amide bonds. The number of aromatic nitrogens is 3. The lowest BCUT2D eigenvalue weighted by atomic mass is 9.87. The van der Waals surface area contributed by atoms with Crippen LogP contribution in [0.4, 0.5) is 5.82 Å². The zero-order chi connectivity index (χ0) is 20.4. The monoisotopic (exact) mass is 434 g/mol. The number of anilines is 1. The molecule has 0 aliphatic carbocycles. The molecule has 0 spiro atoms. The van der Waals surface area contributed by atoms with Gasteiger partial charge in [0.1, 0.15) is 5.82 Å². The molecule has 0 unspecified atom stereocenters. The van der Waals surface area contributed by atoms with Gasteiger partial charge in [-0.25, -0.2) is 9.97 Å². The van der Waals surface area contributed by atoms with E-state index in [1.165, 1.54) is 5.56 Å². The van der Waals surface area contributed by atoms with Crippen molar-refractivity contribution in [3.63, 3.8) is 0 Å². The Bertz CT molecular complexity index is 931. The van der Waals surface area contributed by atoms with E-state index in [-0.39, 0.29) is 5.41 Å². The molecular formula is C21H21Cl3N4. The highest BCUT2D eigenvalue weighted by atomic mass is 35.6. The van der Waals surface area contributed by atoms with E-state index in [0.717, 1.165) is 11.1 Å². The normalized spacial score (nSPS) is 12.1. The third-order valence-corrected chi connectivity index (χ3v) is 4.83. The Morgan fingerprint density at radius 1 is 0.893 bits per heavy atom. The van der Waals surface area contributed by atoms with Gasteiger partial charge in [-0.15, -0.1) is 0 Å². The highest BCUT2D eigenvalue weighted by Gasteiger charge is 2.26. The number of hydrogen-bond acceptors (Lipinski definition) is 4. The number of alkyl halides is 3. The van der Waals surface area contributed by atoms with E-state index < -0.39 is 3.79 Å².